The van der Waals surface area contributed by atoms with Gasteiger partial charge in [-0.25, -0.2) is 0 Å². The van der Waals surface area contributed by atoms with Gasteiger partial charge in [0.1, 0.15) is 12.6 Å². The van der Waals surface area contributed by atoms with E-state index < -0.39 is 6.04 Å². The Labute approximate surface area is 117 Å². The number of nitrogens with zero attached hydrogens (tertiary/aromatic N) is 4. The molecule has 0 spiro atoms. The number of carbonyl (C=O) groups is 2. The Balaban J connectivity index is 2.08. The first-order chi connectivity index (χ1) is 9.56. The molecule has 20 heavy (non-hydrogen) atoms. The van der Waals surface area contributed by atoms with Crippen LogP contribution in [0.3, 0.4) is 0 Å². The summed E-state index contributed by atoms with van der Waals surface area (Å²) in [5.74, 6) is 0.873. The summed E-state index contributed by atoms with van der Waals surface area (Å²) < 4.78 is 5.08. The monoisotopic (exact) mass is 280 g/mol. The largest absolute Gasteiger partial charge is 0.337 e. The SMILES string of the molecule is CCCN1CC(=O)N(Cc2nc(CC)no2)[C@@H](C)C1=O. The molecule has 1 fully saturated rings. The zero-order chi connectivity index (χ0) is 14.7. The summed E-state index contributed by atoms with van der Waals surface area (Å²) in [7, 11) is 0. The predicted octanol–water partition coefficient (Wildman–Crippen LogP) is 0.601. The third-order valence-electron chi connectivity index (χ3n) is 3.41. The van der Waals surface area contributed by atoms with Crippen molar-refractivity contribution in [3.63, 3.8) is 0 Å². The van der Waals surface area contributed by atoms with Crippen LogP contribution in [0.5, 0.6) is 0 Å². The maximum Gasteiger partial charge on any atom is 0.246 e. The van der Waals surface area contributed by atoms with Crippen molar-refractivity contribution in [2.45, 2.75) is 46.2 Å². The van der Waals surface area contributed by atoms with E-state index in [1.807, 2.05) is 13.8 Å². The van der Waals surface area contributed by atoms with E-state index in [-0.39, 0.29) is 24.9 Å². The van der Waals surface area contributed by atoms with Crippen molar-refractivity contribution in [3.05, 3.63) is 11.7 Å². The molecule has 2 rings (SSSR count). The van der Waals surface area contributed by atoms with Crippen LogP contribution in [0.4, 0.5) is 0 Å². The molecule has 1 aromatic heterocycles. The third kappa shape index (κ3) is 2.81. The molecule has 1 atom stereocenters. The van der Waals surface area contributed by atoms with Crippen LogP contribution < -0.4 is 0 Å². The van der Waals surface area contributed by atoms with Gasteiger partial charge in [-0.15, -0.1) is 0 Å². The van der Waals surface area contributed by atoms with E-state index in [2.05, 4.69) is 10.1 Å². The molecule has 1 aliphatic rings. The van der Waals surface area contributed by atoms with Crippen LogP contribution >= 0.6 is 0 Å². The van der Waals surface area contributed by atoms with Gasteiger partial charge in [0.15, 0.2) is 5.82 Å². The Morgan fingerprint density at radius 1 is 1.35 bits per heavy atom. The summed E-state index contributed by atoms with van der Waals surface area (Å²) in [4.78, 5) is 31.6. The molecule has 0 aromatic carbocycles. The number of hydrogen-bond donors (Lipinski definition) is 0. The number of carbonyl (C=O) groups excluding carboxylic acids is 2. The van der Waals surface area contributed by atoms with Gasteiger partial charge in [0.05, 0.1) is 6.54 Å². The second kappa shape index (κ2) is 6.02. The van der Waals surface area contributed by atoms with E-state index in [1.54, 1.807) is 11.8 Å². The molecule has 1 aromatic rings. The number of piperazine rings is 1. The normalized spacial score (nSPS) is 19.9. The van der Waals surface area contributed by atoms with Gasteiger partial charge in [0, 0.05) is 13.0 Å². The lowest BCUT2D eigenvalue weighted by Gasteiger charge is -2.37. The van der Waals surface area contributed by atoms with Gasteiger partial charge < -0.3 is 14.3 Å². The quantitative estimate of drug-likeness (QED) is 0.789. The van der Waals surface area contributed by atoms with Gasteiger partial charge >= 0.3 is 0 Å². The fourth-order valence-electron chi connectivity index (χ4n) is 2.27. The molecule has 2 amide bonds. The molecule has 0 radical (unpaired) electrons. The van der Waals surface area contributed by atoms with Crippen molar-refractivity contribution < 1.29 is 14.1 Å². The minimum absolute atomic E-state index is 0.0262. The average molecular weight is 280 g/mol. The fourth-order valence-corrected chi connectivity index (χ4v) is 2.27. The summed E-state index contributed by atoms with van der Waals surface area (Å²) in [6.07, 6.45) is 1.52. The van der Waals surface area contributed by atoms with Crippen molar-refractivity contribution >= 4 is 11.8 Å². The first kappa shape index (κ1) is 14.5. The molecule has 1 saturated heterocycles. The third-order valence-corrected chi connectivity index (χ3v) is 3.41. The van der Waals surface area contributed by atoms with Crippen LogP contribution in [-0.4, -0.2) is 50.9 Å². The summed E-state index contributed by atoms with van der Waals surface area (Å²) in [6.45, 7) is 6.59. The molecule has 0 unspecified atom stereocenters. The fraction of sp³-hybridized carbons (Fsp3) is 0.692. The molecule has 7 heteroatoms. The number of aromatic nitrogens is 2. The van der Waals surface area contributed by atoms with E-state index >= 15 is 0 Å². The highest BCUT2D eigenvalue weighted by Gasteiger charge is 2.36. The lowest BCUT2D eigenvalue weighted by atomic mass is 10.1. The Hall–Kier alpha value is -1.92. The van der Waals surface area contributed by atoms with E-state index in [1.165, 1.54) is 4.90 Å². The van der Waals surface area contributed by atoms with Crippen molar-refractivity contribution in [3.8, 4) is 0 Å². The van der Waals surface area contributed by atoms with Crippen molar-refractivity contribution in [2.75, 3.05) is 13.1 Å². The zero-order valence-corrected chi connectivity index (χ0v) is 12.1. The molecule has 7 nitrogen and oxygen atoms in total. The van der Waals surface area contributed by atoms with Crippen LogP contribution in [0.15, 0.2) is 4.52 Å². The minimum atomic E-state index is -0.486. The standard InChI is InChI=1S/C13H20N4O3/c1-4-6-16-8-12(18)17(9(3)13(16)19)7-11-14-10(5-2)15-20-11/h9H,4-8H2,1-3H3/t9-/m0/s1. The second-order valence-corrected chi connectivity index (χ2v) is 4.92. The number of hydrogen-bond acceptors (Lipinski definition) is 5. The van der Waals surface area contributed by atoms with Crippen molar-refractivity contribution in [1.82, 2.24) is 19.9 Å². The summed E-state index contributed by atoms with van der Waals surface area (Å²) in [6, 6.07) is -0.486. The van der Waals surface area contributed by atoms with Gasteiger partial charge in [-0.1, -0.05) is 19.0 Å². The first-order valence-electron chi connectivity index (χ1n) is 6.96. The molecule has 0 N–H and O–H groups in total. The van der Waals surface area contributed by atoms with Gasteiger partial charge in [-0.2, -0.15) is 4.98 Å². The van der Waals surface area contributed by atoms with E-state index in [0.717, 1.165) is 6.42 Å². The van der Waals surface area contributed by atoms with Crippen LogP contribution in [0.2, 0.25) is 0 Å². The maximum absolute atomic E-state index is 12.2. The lowest BCUT2D eigenvalue weighted by molar-refractivity contribution is -0.156. The molecular weight excluding hydrogens is 260 g/mol. The molecule has 110 valence electrons. The highest BCUT2D eigenvalue weighted by atomic mass is 16.5. The Morgan fingerprint density at radius 3 is 2.70 bits per heavy atom. The molecule has 2 heterocycles. The molecule has 0 saturated carbocycles. The maximum atomic E-state index is 12.2. The summed E-state index contributed by atoms with van der Waals surface area (Å²) in [5, 5.41) is 3.79. The van der Waals surface area contributed by atoms with E-state index in [9.17, 15) is 9.59 Å². The van der Waals surface area contributed by atoms with Crippen LogP contribution in [-0.2, 0) is 22.6 Å². The van der Waals surface area contributed by atoms with Crippen LogP contribution in [0, 0.1) is 0 Å². The predicted molar refractivity (Wildman–Crippen MR) is 70.6 cm³/mol. The average Bonchev–Trinajstić information content (AvgIpc) is 2.89. The second-order valence-electron chi connectivity index (χ2n) is 4.92. The van der Waals surface area contributed by atoms with Crippen LogP contribution in [0.1, 0.15) is 38.9 Å². The van der Waals surface area contributed by atoms with Gasteiger partial charge in [0.2, 0.25) is 17.7 Å². The summed E-state index contributed by atoms with van der Waals surface area (Å²) in [5.41, 5.74) is 0. The van der Waals surface area contributed by atoms with E-state index in [4.69, 9.17) is 4.52 Å². The number of amides is 2. The Bertz CT molecular complexity index is 500. The van der Waals surface area contributed by atoms with Gasteiger partial charge in [-0.3, -0.25) is 9.59 Å². The Morgan fingerprint density at radius 2 is 2.10 bits per heavy atom. The number of aryl methyl sites for hydroxylation is 1. The smallest absolute Gasteiger partial charge is 0.246 e. The zero-order valence-electron chi connectivity index (χ0n) is 12.1. The van der Waals surface area contributed by atoms with Crippen molar-refractivity contribution in [2.24, 2.45) is 0 Å². The summed E-state index contributed by atoms with van der Waals surface area (Å²) >= 11 is 0. The number of rotatable bonds is 5. The molecule has 0 bridgehead atoms. The van der Waals surface area contributed by atoms with Gasteiger partial charge in [-0.05, 0) is 13.3 Å². The first-order valence-corrected chi connectivity index (χ1v) is 6.96. The topological polar surface area (TPSA) is 79.5 Å². The van der Waals surface area contributed by atoms with Crippen molar-refractivity contribution in [1.29, 1.82) is 0 Å². The van der Waals surface area contributed by atoms with Gasteiger partial charge in [0.25, 0.3) is 0 Å². The molecule has 1 aliphatic heterocycles. The highest BCUT2D eigenvalue weighted by molar-refractivity contribution is 5.94. The highest BCUT2D eigenvalue weighted by Crippen LogP contribution is 2.16. The van der Waals surface area contributed by atoms with E-state index in [0.29, 0.717) is 24.7 Å². The minimum Gasteiger partial charge on any atom is -0.337 e. The molecular formula is C13H20N4O3. The Kier molecular flexibility index (Phi) is 4.36. The molecule has 0 aliphatic carbocycles. The lowest BCUT2D eigenvalue weighted by Crippen LogP contribution is -2.58. The van der Waals surface area contributed by atoms with Crippen LogP contribution in [0.25, 0.3) is 0 Å².